The second-order valence-corrected chi connectivity index (χ2v) is 5.82. The first-order valence-electron chi connectivity index (χ1n) is 5.86. The molecule has 3 aliphatic carbocycles. The molecule has 86 valence electrons. The lowest BCUT2D eigenvalue weighted by atomic mass is 9.53. The van der Waals surface area contributed by atoms with Crippen molar-refractivity contribution < 1.29 is 9.90 Å². The van der Waals surface area contributed by atoms with Crippen molar-refractivity contribution in [2.24, 2.45) is 10.8 Å². The van der Waals surface area contributed by atoms with E-state index >= 15 is 0 Å². The number of aliphatic carboxylic acids is 1. The van der Waals surface area contributed by atoms with Gasteiger partial charge in [-0.25, -0.2) is 0 Å². The van der Waals surface area contributed by atoms with Gasteiger partial charge in [0.15, 0.2) is 0 Å². The smallest absolute Gasteiger partial charge is 0.309 e. The van der Waals surface area contributed by atoms with Crippen molar-refractivity contribution in [3.8, 4) is 0 Å². The van der Waals surface area contributed by atoms with E-state index in [1.807, 2.05) is 0 Å². The molecule has 3 rings (SSSR count). The van der Waals surface area contributed by atoms with Gasteiger partial charge in [0.05, 0.1) is 5.41 Å². The molecule has 15 heavy (non-hydrogen) atoms. The molecule has 3 nitrogen and oxygen atoms in total. The van der Waals surface area contributed by atoms with Crippen molar-refractivity contribution in [2.45, 2.75) is 38.5 Å². The van der Waals surface area contributed by atoms with Crippen LogP contribution in [-0.2, 0) is 4.79 Å². The van der Waals surface area contributed by atoms with Gasteiger partial charge in [0, 0.05) is 6.54 Å². The van der Waals surface area contributed by atoms with E-state index in [2.05, 4.69) is 19.0 Å². The van der Waals surface area contributed by atoms with E-state index in [0.29, 0.717) is 5.41 Å². The van der Waals surface area contributed by atoms with E-state index in [4.69, 9.17) is 0 Å². The number of carboxylic acid groups (broad SMARTS) is 1. The lowest BCUT2D eigenvalue weighted by Gasteiger charge is -2.52. The zero-order valence-electron chi connectivity index (χ0n) is 9.75. The highest BCUT2D eigenvalue weighted by Crippen LogP contribution is 2.57. The van der Waals surface area contributed by atoms with Crippen LogP contribution in [0.3, 0.4) is 0 Å². The van der Waals surface area contributed by atoms with Crippen molar-refractivity contribution >= 4 is 5.97 Å². The van der Waals surface area contributed by atoms with E-state index in [-0.39, 0.29) is 5.41 Å². The van der Waals surface area contributed by atoms with Crippen LogP contribution < -0.4 is 0 Å². The molecule has 0 aliphatic heterocycles. The maximum absolute atomic E-state index is 11.2. The number of carboxylic acids is 1. The normalized spacial score (nSPS) is 39.7. The molecule has 0 atom stereocenters. The molecule has 1 N–H and O–H groups in total. The van der Waals surface area contributed by atoms with E-state index < -0.39 is 5.97 Å². The molecule has 0 amide bonds. The highest BCUT2D eigenvalue weighted by atomic mass is 16.4. The third kappa shape index (κ3) is 1.78. The Morgan fingerprint density at radius 3 is 1.93 bits per heavy atom. The van der Waals surface area contributed by atoms with Crippen LogP contribution in [0.15, 0.2) is 0 Å². The van der Waals surface area contributed by atoms with Crippen LogP contribution in [0, 0.1) is 10.8 Å². The minimum Gasteiger partial charge on any atom is -0.481 e. The van der Waals surface area contributed by atoms with Crippen LogP contribution in [0.1, 0.15) is 38.5 Å². The summed E-state index contributed by atoms with van der Waals surface area (Å²) in [4.78, 5) is 13.5. The monoisotopic (exact) mass is 211 g/mol. The van der Waals surface area contributed by atoms with Crippen molar-refractivity contribution in [1.82, 2.24) is 4.90 Å². The summed E-state index contributed by atoms with van der Waals surface area (Å²) >= 11 is 0. The molecule has 0 radical (unpaired) electrons. The summed E-state index contributed by atoms with van der Waals surface area (Å²) in [5, 5.41) is 9.27. The van der Waals surface area contributed by atoms with Gasteiger partial charge in [-0.15, -0.1) is 0 Å². The average Bonchev–Trinajstić information content (AvgIpc) is 2.18. The van der Waals surface area contributed by atoms with Gasteiger partial charge in [-0.3, -0.25) is 4.79 Å². The van der Waals surface area contributed by atoms with Gasteiger partial charge in [-0.1, -0.05) is 0 Å². The molecule has 0 aromatic heterocycles. The van der Waals surface area contributed by atoms with Gasteiger partial charge in [-0.05, 0) is 58.0 Å². The molecular weight excluding hydrogens is 190 g/mol. The molecule has 0 spiro atoms. The van der Waals surface area contributed by atoms with Crippen molar-refractivity contribution in [2.75, 3.05) is 20.6 Å². The van der Waals surface area contributed by atoms with Crippen molar-refractivity contribution in [3.05, 3.63) is 0 Å². The maximum Gasteiger partial charge on any atom is 0.309 e. The summed E-state index contributed by atoms with van der Waals surface area (Å²) in [7, 11) is 4.23. The van der Waals surface area contributed by atoms with Crippen LogP contribution in [0.25, 0.3) is 0 Å². The largest absolute Gasteiger partial charge is 0.481 e. The molecule has 3 heteroatoms. The van der Waals surface area contributed by atoms with Crippen molar-refractivity contribution in [3.63, 3.8) is 0 Å². The van der Waals surface area contributed by atoms with Gasteiger partial charge in [0.1, 0.15) is 0 Å². The summed E-state index contributed by atoms with van der Waals surface area (Å²) in [5.41, 5.74) is 0.0781. The van der Waals surface area contributed by atoms with E-state index in [0.717, 1.165) is 45.1 Å². The Bertz CT molecular complexity index is 248. The van der Waals surface area contributed by atoms with Gasteiger partial charge in [0.2, 0.25) is 0 Å². The number of fused-ring (bicyclic) bond motifs is 3. The molecule has 3 aliphatic rings. The number of rotatable bonds is 3. The zero-order valence-corrected chi connectivity index (χ0v) is 9.75. The molecule has 0 saturated heterocycles. The lowest BCUT2D eigenvalue weighted by Crippen LogP contribution is -2.49. The third-order valence-corrected chi connectivity index (χ3v) is 4.51. The summed E-state index contributed by atoms with van der Waals surface area (Å²) in [5.74, 6) is -0.555. The van der Waals surface area contributed by atoms with Crippen LogP contribution in [0.5, 0.6) is 0 Å². The number of hydrogen-bond donors (Lipinski definition) is 1. The Labute approximate surface area is 91.5 Å². The first kappa shape index (κ1) is 10.9. The van der Waals surface area contributed by atoms with E-state index in [1.165, 1.54) is 0 Å². The first-order valence-corrected chi connectivity index (χ1v) is 5.86. The minimum absolute atomic E-state index is 0.353. The fourth-order valence-electron chi connectivity index (χ4n) is 3.49. The molecular formula is C12H21NO2. The highest BCUT2D eigenvalue weighted by molar-refractivity contribution is 5.75. The highest BCUT2D eigenvalue weighted by Gasteiger charge is 2.52. The van der Waals surface area contributed by atoms with Crippen LogP contribution in [-0.4, -0.2) is 36.6 Å². The third-order valence-electron chi connectivity index (χ3n) is 4.51. The fourth-order valence-corrected chi connectivity index (χ4v) is 3.49. The van der Waals surface area contributed by atoms with Crippen LogP contribution in [0.4, 0.5) is 0 Å². The molecule has 0 aromatic rings. The molecule has 0 unspecified atom stereocenters. The Balaban J connectivity index is 2.07. The fraction of sp³-hybridized carbons (Fsp3) is 0.917. The van der Waals surface area contributed by atoms with Crippen LogP contribution in [0.2, 0.25) is 0 Å². The number of hydrogen-bond acceptors (Lipinski definition) is 2. The van der Waals surface area contributed by atoms with E-state index in [1.54, 1.807) is 0 Å². The zero-order chi connectivity index (χ0) is 11.1. The summed E-state index contributed by atoms with van der Waals surface area (Å²) < 4.78 is 0. The average molecular weight is 211 g/mol. The topological polar surface area (TPSA) is 40.5 Å². The van der Waals surface area contributed by atoms with Crippen LogP contribution >= 0.6 is 0 Å². The molecule has 0 heterocycles. The van der Waals surface area contributed by atoms with Crippen molar-refractivity contribution in [1.29, 1.82) is 0 Å². The second kappa shape index (κ2) is 3.48. The molecule has 2 bridgehead atoms. The first-order chi connectivity index (χ1) is 6.98. The molecule has 0 aromatic carbocycles. The Morgan fingerprint density at radius 1 is 1.13 bits per heavy atom. The lowest BCUT2D eigenvalue weighted by molar-refractivity contribution is -0.159. The SMILES string of the molecule is CN(C)CC12CCC(C(=O)O)(CC1)CC2. The predicted octanol–water partition coefficient (Wildman–Crippen LogP) is 1.97. The summed E-state index contributed by atoms with van der Waals surface area (Å²) in [6.07, 6.45) is 6.02. The maximum atomic E-state index is 11.2. The quantitative estimate of drug-likeness (QED) is 0.776. The molecule has 3 saturated carbocycles. The predicted molar refractivity (Wildman–Crippen MR) is 58.8 cm³/mol. The Morgan fingerprint density at radius 2 is 1.60 bits per heavy atom. The summed E-state index contributed by atoms with van der Waals surface area (Å²) in [6.45, 7) is 1.13. The molecule has 3 fully saturated rings. The van der Waals surface area contributed by atoms with Gasteiger partial charge in [-0.2, -0.15) is 0 Å². The number of nitrogens with zero attached hydrogens (tertiary/aromatic N) is 1. The van der Waals surface area contributed by atoms with Gasteiger partial charge in [0.25, 0.3) is 0 Å². The van der Waals surface area contributed by atoms with Gasteiger partial charge >= 0.3 is 5.97 Å². The second-order valence-electron chi connectivity index (χ2n) is 5.82. The van der Waals surface area contributed by atoms with Gasteiger partial charge < -0.3 is 10.0 Å². The summed E-state index contributed by atoms with van der Waals surface area (Å²) in [6, 6.07) is 0. The number of carbonyl (C=O) groups is 1. The standard InChI is InChI=1S/C12H21NO2/c1-13(2)9-11-3-6-12(7-4-11,8-5-11)10(14)15/h3-9H2,1-2H3,(H,14,15). The Kier molecular flexibility index (Phi) is 2.53. The minimum atomic E-state index is -0.555. The van der Waals surface area contributed by atoms with E-state index in [9.17, 15) is 9.90 Å². The Hall–Kier alpha value is -0.570.